The van der Waals surface area contributed by atoms with Gasteiger partial charge < -0.3 is 14.6 Å². The second kappa shape index (κ2) is 8.83. The van der Waals surface area contributed by atoms with Crippen LogP contribution >= 0.6 is 11.3 Å². The third-order valence-electron chi connectivity index (χ3n) is 4.60. The summed E-state index contributed by atoms with van der Waals surface area (Å²) in [5, 5.41) is 12.3. The fourth-order valence-electron chi connectivity index (χ4n) is 2.55. The van der Waals surface area contributed by atoms with E-state index in [0.29, 0.717) is 11.9 Å². The minimum absolute atomic E-state index is 0.0436. The van der Waals surface area contributed by atoms with Crippen molar-refractivity contribution in [2.24, 2.45) is 15.9 Å². The van der Waals surface area contributed by atoms with Crippen molar-refractivity contribution in [3.8, 4) is 6.19 Å². The molecule has 7 heteroatoms. The lowest BCUT2D eigenvalue weighted by Crippen LogP contribution is -2.36. The maximum absolute atomic E-state index is 9.04. The van der Waals surface area contributed by atoms with E-state index in [-0.39, 0.29) is 17.6 Å². The first-order valence-electron chi connectivity index (χ1n) is 9.31. The molecule has 6 nitrogen and oxygen atoms in total. The number of nitrogens with zero attached hydrogens (tertiary/aromatic N) is 4. The Bertz CT molecular complexity index is 726. The van der Waals surface area contributed by atoms with Crippen molar-refractivity contribution in [3.63, 3.8) is 0 Å². The average Bonchev–Trinajstić information content (AvgIpc) is 3.18. The molecule has 0 bridgehead atoms. The lowest BCUT2D eigenvalue weighted by atomic mass is 9.95. The second-order valence-corrected chi connectivity index (χ2v) is 9.25. The van der Waals surface area contributed by atoms with Crippen LogP contribution in [0.2, 0.25) is 0 Å². The van der Waals surface area contributed by atoms with Gasteiger partial charge in [0.2, 0.25) is 12.2 Å². The first-order valence-corrected chi connectivity index (χ1v) is 10.1. The minimum atomic E-state index is 0.0436. The molecule has 1 aliphatic rings. The normalized spacial score (nSPS) is 20.5. The van der Waals surface area contributed by atoms with Crippen LogP contribution in [0.5, 0.6) is 0 Å². The van der Waals surface area contributed by atoms with E-state index in [1.54, 1.807) is 11.3 Å². The zero-order valence-corrected chi connectivity index (χ0v) is 17.6. The highest BCUT2D eigenvalue weighted by atomic mass is 32.1. The van der Waals surface area contributed by atoms with Gasteiger partial charge in [0.1, 0.15) is 0 Å². The Balaban J connectivity index is 2.39. The van der Waals surface area contributed by atoms with E-state index in [9.17, 15) is 0 Å². The molecule has 0 aromatic carbocycles. The number of ether oxygens (including phenoxy) is 1. The monoisotopic (exact) mass is 377 g/mol. The third kappa shape index (κ3) is 5.68. The SMILES string of the molecule is CC(C)C(C)NC(=NC#N)N=c1sc(C(C)(C)C)cn1C[C@H]1CCCO1. The molecule has 0 saturated carbocycles. The first kappa shape index (κ1) is 20.7. The van der Waals surface area contributed by atoms with Gasteiger partial charge in [-0.2, -0.15) is 10.3 Å². The standard InChI is InChI=1S/C19H31N5OS/c1-13(2)14(3)22-17(21-12-20)23-18-24(10-15-8-7-9-25-15)11-16(26-18)19(4,5)6/h11,13-15H,7-10H2,1-6H3,(H,21,22)/t14?,15-/m1/s1. The van der Waals surface area contributed by atoms with Crippen molar-refractivity contribution in [1.29, 1.82) is 5.26 Å². The van der Waals surface area contributed by atoms with Gasteiger partial charge in [-0.3, -0.25) is 0 Å². The highest BCUT2D eigenvalue weighted by molar-refractivity contribution is 7.09. The number of nitrogens with one attached hydrogen (secondary N) is 1. The number of guanidine groups is 1. The van der Waals surface area contributed by atoms with Gasteiger partial charge >= 0.3 is 0 Å². The quantitative estimate of drug-likeness (QED) is 0.496. The first-order chi connectivity index (χ1) is 12.2. The third-order valence-corrected chi connectivity index (χ3v) is 6.04. The van der Waals surface area contributed by atoms with E-state index < -0.39 is 0 Å². The molecule has 1 saturated heterocycles. The second-order valence-electron chi connectivity index (χ2n) is 8.24. The fourth-order valence-corrected chi connectivity index (χ4v) is 3.61. The molecule has 26 heavy (non-hydrogen) atoms. The number of hydrogen-bond donors (Lipinski definition) is 1. The van der Waals surface area contributed by atoms with Crippen molar-refractivity contribution in [1.82, 2.24) is 9.88 Å². The summed E-state index contributed by atoms with van der Waals surface area (Å²) in [7, 11) is 0. The van der Waals surface area contributed by atoms with Crippen LogP contribution in [0.25, 0.3) is 0 Å². The molecule has 1 aliphatic heterocycles. The Hall–Kier alpha value is -1.65. The largest absolute Gasteiger partial charge is 0.376 e. The Morgan fingerprint density at radius 3 is 2.73 bits per heavy atom. The molecule has 0 aliphatic carbocycles. The van der Waals surface area contributed by atoms with Crippen molar-refractivity contribution >= 4 is 17.3 Å². The molecular weight excluding hydrogens is 346 g/mol. The summed E-state index contributed by atoms with van der Waals surface area (Å²) in [5.74, 6) is 0.790. The summed E-state index contributed by atoms with van der Waals surface area (Å²) >= 11 is 1.65. The summed E-state index contributed by atoms with van der Waals surface area (Å²) < 4.78 is 7.95. The zero-order valence-electron chi connectivity index (χ0n) is 16.7. The number of thiazole rings is 1. The van der Waals surface area contributed by atoms with E-state index in [0.717, 1.165) is 30.8 Å². The number of aromatic nitrogens is 1. The molecule has 2 atom stereocenters. The van der Waals surface area contributed by atoms with Crippen LogP contribution in [0.1, 0.15) is 59.3 Å². The van der Waals surface area contributed by atoms with Crippen molar-refractivity contribution in [3.05, 3.63) is 15.9 Å². The maximum Gasteiger partial charge on any atom is 0.236 e. The van der Waals surface area contributed by atoms with Crippen LogP contribution in [0.3, 0.4) is 0 Å². The van der Waals surface area contributed by atoms with Crippen LogP contribution in [-0.2, 0) is 16.7 Å². The summed E-state index contributed by atoms with van der Waals surface area (Å²) in [6, 6.07) is 0.180. The molecule has 1 fully saturated rings. The van der Waals surface area contributed by atoms with Crippen LogP contribution in [0.4, 0.5) is 0 Å². The lowest BCUT2D eigenvalue weighted by Gasteiger charge is -2.17. The van der Waals surface area contributed by atoms with Gasteiger partial charge in [-0.15, -0.1) is 16.3 Å². The number of rotatable bonds is 4. The van der Waals surface area contributed by atoms with Crippen LogP contribution < -0.4 is 10.1 Å². The summed E-state index contributed by atoms with van der Waals surface area (Å²) in [6.07, 6.45) is 6.46. The predicted molar refractivity (Wildman–Crippen MR) is 106 cm³/mol. The highest BCUT2D eigenvalue weighted by Crippen LogP contribution is 2.25. The molecule has 0 radical (unpaired) electrons. The fraction of sp³-hybridized carbons (Fsp3) is 0.737. The van der Waals surface area contributed by atoms with E-state index in [4.69, 9.17) is 10.00 Å². The number of hydrogen-bond acceptors (Lipinski definition) is 4. The number of nitriles is 1. The zero-order chi connectivity index (χ0) is 19.3. The highest BCUT2D eigenvalue weighted by Gasteiger charge is 2.21. The van der Waals surface area contributed by atoms with Crippen LogP contribution in [-0.4, -0.2) is 29.3 Å². The van der Waals surface area contributed by atoms with E-state index in [1.807, 2.05) is 6.19 Å². The maximum atomic E-state index is 9.04. The molecule has 2 heterocycles. The molecule has 0 spiro atoms. The van der Waals surface area contributed by atoms with Crippen LogP contribution in [0, 0.1) is 17.4 Å². The molecule has 144 valence electrons. The topological polar surface area (TPSA) is 74.7 Å². The average molecular weight is 378 g/mol. The van der Waals surface area contributed by atoms with Crippen LogP contribution in [0.15, 0.2) is 16.2 Å². The summed E-state index contributed by atoms with van der Waals surface area (Å²) in [6.45, 7) is 14.5. The Labute approximate surface area is 160 Å². The summed E-state index contributed by atoms with van der Waals surface area (Å²) in [4.78, 5) is 10.7. The molecular formula is C19H31N5OS. The lowest BCUT2D eigenvalue weighted by molar-refractivity contribution is 0.0963. The molecule has 0 amide bonds. The van der Waals surface area contributed by atoms with Gasteiger partial charge in [-0.05, 0) is 31.1 Å². The van der Waals surface area contributed by atoms with Crippen molar-refractivity contribution in [2.45, 2.75) is 78.5 Å². The van der Waals surface area contributed by atoms with Gasteiger partial charge in [0, 0.05) is 23.7 Å². The van der Waals surface area contributed by atoms with Gasteiger partial charge in [0.15, 0.2) is 4.80 Å². The molecule has 2 rings (SSSR count). The predicted octanol–water partition coefficient (Wildman–Crippen LogP) is 3.40. The van der Waals surface area contributed by atoms with Gasteiger partial charge in [0.05, 0.1) is 12.6 Å². The van der Waals surface area contributed by atoms with E-state index in [2.05, 4.69) is 67.6 Å². The van der Waals surface area contributed by atoms with Crippen molar-refractivity contribution < 1.29 is 4.74 Å². The van der Waals surface area contributed by atoms with Crippen molar-refractivity contribution in [2.75, 3.05) is 6.61 Å². The molecule has 1 aromatic heterocycles. The Morgan fingerprint density at radius 1 is 1.46 bits per heavy atom. The minimum Gasteiger partial charge on any atom is -0.376 e. The number of aliphatic imine (C=N–C) groups is 1. The molecule has 1 unspecified atom stereocenters. The van der Waals surface area contributed by atoms with E-state index in [1.165, 1.54) is 4.88 Å². The van der Waals surface area contributed by atoms with Gasteiger partial charge in [0.25, 0.3) is 0 Å². The summed E-state index contributed by atoms with van der Waals surface area (Å²) in [5.41, 5.74) is 0.0436. The van der Waals surface area contributed by atoms with Gasteiger partial charge in [-0.1, -0.05) is 34.6 Å². The molecule has 1 N–H and O–H groups in total. The Kier molecular flexibility index (Phi) is 7.01. The smallest absolute Gasteiger partial charge is 0.236 e. The van der Waals surface area contributed by atoms with E-state index >= 15 is 0 Å². The van der Waals surface area contributed by atoms with Gasteiger partial charge in [-0.25, -0.2) is 0 Å². The molecule has 1 aromatic rings. The Morgan fingerprint density at radius 2 is 2.19 bits per heavy atom.